The Bertz CT molecular complexity index is 697. The van der Waals surface area contributed by atoms with E-state index in [9.17, 15) is 20.1 Å². The Morgan fingerprint density at radius 2 is 1.57 bits per heavy atom. The van der Waals surface area contributed by atoms with Crippen LogP contribution in [0.4, 0.5) is 0 Å². The van der Waals surface area contributed by atoms with Crippen molar-refractivity contribution in [1.82, 2.24) is 5.32 Å². The van der Waals surface area contributed by atoms with Gasteiger partial charge < -0.3 is 20.6 Å². The molecule has 0 unspecified atom stereocenters. The summed E-state index contributed by atoms with van der Waals surface area (Å²) in [5, 5.41) is 30.9. The molecular formula is C18H21NO4. The van der Waals surface area contributed by atoms with Crippen molar-refractivity contribution in [2.75, 3.05) is 6.54 Å². The molecule has 0 saturated carbocycles. The van der Waals surface area contributed by atoms with Gasteiger partial charge >= 0.3 is 0 Å². The highest BCUT2D eigenvalue weighted by Crippen LogP contribution is 2.24. The second-order valence-corrected chi connectivity index (χ2v) is 5.54. The van der Waals surface area contributed by atoms with Crippen molar-refractivity contribution in [3.05, 3.63) is 53.1 Å². The molecule has 0 saturated heterocycles. The van der Waals surface area contributed by atoms with Crippen LogP contribution in [0.2, 0.25) is 0 Å². The lowest BCUT2D eigenvalue weighted by Crippen LogP contribution is -2.25. The minimum Gasteiger partial charge on any atom is -0.508 e. The SMILES string of the molecule is Cc1cc(CCC(=O)NCCc2ccc(O)c(O)c2)ccc1O. The standard InChI is InChI=1S/C18H21NO4/c1-12-10-13(2-5-15(12)20)4-7-18(23)19-9-8-14-3-6-16(21)17(22)11-14/h2-3,5-6,10-11,20-22H,4,7-9H2,1H3,(H,19,23). The lowest BCUT2D eigenvalue weighted by molar-refractivity contribution is -0.121. The predicted molar refractivity (Wildman–Crippen MR) is 87.7 cm³/mol. The van der Waals surface area contributed by atoms with Gasteiger partial charge in [-0.1, -0.05) is 18.2 Å². The Balaban J connectivity index is 1.74. The largest absolute Gasteiger partial charge is 0.508 e. The van der Waals surface area contributed by atoms with E-state index in [0.29, 0.717) is 25.8 Å². The first kappa shape index (κ1) is 16.7. The van der Waals surface area contributed by atoms with Crippen molar-refractivity contribution in [3.63, 3.8) is 0 Å². The number of aryl methyl sites for hydroxylation is 2. The summed E-state index contributed by atoms with van der Waals surface area (Å²) in [4.78, 5) is 11.8. The molecule has 5 nitrogen and oxygen atoms in total. The molecule has 2 aromatic rings. The number of hydrogen-bond acceptors (Lipinski definition) is 4. The van der Waals surface area contributed by atoms with Crippen LogP contribution in [-0.2, 0) is 17.6 Å². The topological polar surface area (TPSA) is 89.8 Å². The molecule has 2 rings (SSSR count). The van der Waals surface area contributed by atoms with Gasteiger partial charge in [0.05, 0.1) is 0 Å². The highest BCUT2D eigenvalue weighted by Gasteiger charge is 2.05. The van der Waals surface area contributed by atoms with Gasteiger partial charge in [0.15, 0.2) is 11.5 Å². The van der Waals surface area contributed by atoms with Gasteiger partial charge in [0.2, 0.25) is 5.91 Å². The molecule has 0 heterocycles. The first-order valence-corrected chi connectivity index (χ1v) is 7.52. The molecule has 0 radical (unpaired) electrons. The highest BCUT2D eigenvalue weighted by atomic mass is 16.3. The van der Waals surface area contributed by atoms with E-state index in [4.69, 9.17) is 0 Å². The number of amides is 1. The molecule has 2 aromatic carbocycles. The predicted octanol–water partition coefficient (Wildman–Crippen LogP) is 2.40. The molecule has 122 valence electrons. The van der Waals surface area contributed by atoms with E-state index >= 15 is 0 Å². The van der Waals surface area contributed by atoms with Crippen molar-refractivity contribution >= 4 is 5.91 Å². The number of phenols is 3. The Labute approximate surface area is 135 Å². The summed E-state index contributed by atoms with van der Waals surface area (Å²) >= 11 is 0. The molecule has 0 fully saturated rings. The van der Waals surface area contributed by atoms with E-state index in [0.717, 1.165) is 16.7 Å². The van der Waals surface area contributed by atoms with E-state index in [1.807, 2.05) is 19.1 Å². The number of benzene rings is 2. The molecule has 5 heteroatoms. The number of carbonyl (C=O) groups excluding carboxylic acids is 1. The lowest BCUT2D eigenvalue weighted by atomic mass is 10.1. The van der Waals surface area contributed by atoms with Crippen LogP contribution >= 0.6 is 0 Å². The van der Waals surface area contributed by atoms with Gasteiger partial charge in [-0.05, 0) is 54.7 Å². The van der Waals surface area contributed by atoms with Gasteiger partial charge in [-0.25, -0.2) is 0 Å². The summed E-state index contributed by atoms with van der Waals surface area (Å²) in [6.07, 6.45) is 1.58. The number of rotatable bonds is 6. The third-order valence-corrected chi connectivity index (χ3v) is 3.68. The van der Waals surface area contributed by atoms with Crippen molar-refractivity contribution in [2.45, 2.75) is 26.2 Å². The number of carbonyl (C=O) groups is 1. The fourth-order valence-corrected chi connectivity index (χ4v) is 2.29. The molecular weight excluding hydrogens is 294 g/mol. The average Bonchev–Trinajstić information content (AvgIpc) is 2.52. The van der Waals surface area contributed by atoms with Crippen LogP contribution in [0, 0.1) is 6.92 Å². The monoisotopic (exact) mass is 315 g/mol. The molecule has 23 heavy (non-hydrogen) atoms. The average molecular weight is 315 g/mol. The van der Waals surface area contributed by atoms with Crippen molar-refractivity contribution in [2.24, 2.45) is 0 Å². The van der Waals surface area contributed by atoms with Crippen LogP contribution in [0.5, 0.6) is 17.2 Å². The maximum Gasteiger partial charge on any atom is 0.220 e. The molecule has 0 aliphatic heterocycles. The lowest BCUT2D eigenvalue weighted by Gasteiger charge is -2.07. The smallest absolute Gasteiger partial charge is 0.220 e. The first-order valence-electron chi connectivity index (χ1n) is 7.52. The molecule has 0 aliphatic carbocycles. The molecule has 4 N–H and O–H groups in total. The van der Waals surface area contributed by atoms with Crippen LogP contribution in [0.1, 0.15) is 23.1 Å². The Hall–Kier alpha value is -2.69. The zero-order valence-corrected chi connectivity index (χ0v) is 13.0. The molecule has 0 atom stereocenters. The number of aromatic hydroxyl groups is 3. The summed E-state index contributed by atoms with van der Waals surface area (Å²) in [7, 11) is 0. The van der Waals surface area contributed by atoms with E-state index in [2.05, 4.69) is 5.32 Å². The molecule has 0 spiro atoms. The van der Waals surface area contributed by atoms with E-state index in [1.54, 1.807) is 12.1 Å². The summed E-state index contributed by atoms with van der Waals surface area (Å²) in [6.45, 7) is 2.30. The normalized spacial score (nSPS) is 10.5. The van der Waals surface area contributed by atoms with Crippen LogP contribution in [-0.4, -0.2) is 27.8 Å². The molecule has 1 amide bonds. The quantitative estimate of drug-likeness (QED) is 0.616. The molecule has 0 aromatic heterocycles. The second-order valence-electron chi connectivity index (χ2n) is 5.54. The minimum absolute atomic E-state index is 0.0428. The second kappa shape index (κ2) is 7.54. The number of hydrogen-bond donors (Lipinski definition) is 4. The van der Waals surface area contributed by atoms with Crippen LogP contribution in [0.15, 0.2) is 36.4 Å². The Morgan fingerprint density at radius 1 is 0.913 bits per heavy atom. The first-order chi connectivity index (χ1) is 11.0. The van der Waals surface area contributed by atoms with E-state index in [-0.39, 0.29) is 23.2 Å². The van der Waals surface area contributed by atoms with Gasteiger partial charge in [0.25, 0.3) is 0 Å². The Morgan fingerprint density at radius 3 is 2.22 bits per heavy atom. The summed E-state index contributed by atoms with van der Waals surface area (Å²) in [6, 6.07) is 9.96. The zero-order valence-electron chi connectivity index (χ0n) is 13.0. The number of phenolic OH excluding ortho intramolecular Hbond substituents is 3. The van der Waals surface area contributed by atoms with Crippen molar-refractivity contribution in [3.8, 4) is 17.2 Å². The Kier molecular flexibility index (Phi) is 5.46. The van der Waals surface area contributed by atoms with E-state index in [1.165, 1.54) is 12.1 Å². The van der Waals surface area contributed by atoms with Crippen molar-refractivity contribution < 1.29 is 20.1 Å². The van der Waals surface area contributed by atoms with Gasteiger partial charge in [0, 0.05) is 13.0 Å². The minimum atomic E-state index is -0.156. The summed E-state index contributed by atoms with van der Waals surface area (Å²) in [5.74, 6) is -0.0902. The third-order valence-electron chi connectivity index (χ3n) is 3.68. The number of nitrogens with one attached hydrogen (secondary N) is 1. The van der Waals surface area contributed by atoms with Crippen LogP contribution < -0.4 is 5.32 Å². The summed E-state index contributed by atoms with van der Waals surface area (Å²) < 4.78 is 0. The summed E-state index contributed by atoms with van der Waals surface area (Å²) in [5.41, 5.74) is 2.66. The van der Waals surface area contributed by atoms with Gasteiger partial charge in [-0.15, -0.1) is 0 Å². The fourth-order valence-electron chi connectivity index (χ4n) is 2.29. The van der Waals surface area contributed by atoms with Crippen molar-refractivity contribution in [1.29, 1.82) is 0 Å². The molecule has 0 aliphatic rings. The zero-order chi connectivity index (χ0) is 16.8. The van der Waals surface area contributed by atoms with Crippen LogP contribution in [0.25, 0.3) is 0 Å². The van der Waals surface area contributed by atoms with E-state index < -0.39 is 0 Å². The van der Waals surface area contributed by atoms with Crippen LogP contribution in [0.3, 0.4) is 0 Å². The van der Waals surface area contributed by atoms with Gasteiger partial charge in [-0.3, -0.25) is 4.79 Å². The van der Waals surface area contributed by atoms with Gasteiger partial charge in [-0.2, -0.15) is 0 Å². The maximum absolute atomic E-state index is 11.8. The highest BCUT2D eigenvalue weighted by molar-refractivity contribution is 5.76. The van der Waals surface area contributed by atoms with Gasteiger partial charge in [0.1, 0.15) is 5.75 Å². The maximum atomic E-state index is 11.8. The molecule has 0 bridgehead atoms. The fraction of sp³-hybridized carbons (Fsp3) is 0.278. The third kappa shape index (κ3) is 4.92.